The first-order chi connectivity index (χ1) is 7.06. The fourth-order valence-corrected chi connectivity index (χ4v) is 1.96. The molecular formula is C11H24Cl2N2O2. The molecule has 0 aromatic rings. The first kappa shape index (κ1) is 19.3. The van der Waals surface area contributed by atoms with E-state index < -0.39 is 5.41 Å². The van der Waals surface area contributed by atoms with Crippen molar-refractivity contribution in [3.63, 3.8) is 0 Å². The van der Waals surface area contributed by atoms with Crippen LogP contribution < -0.4 is 5.32 Å². The maximum absolute atomic E-state index is 11.5. The Morgan fingerprint density at radius 1 is 1.29 bits per heavy atom. The smallest absolute Gasteiger partial charge is 0.312 e. The molecule has 17 heavy (non-hydrogen) atoms. The molecule has 104 valence electrons. The maximum Gasteiger partial charge on any atom is 0.312 e. The second-order valence-corrected chi connectivity index (χ2v) is 4.76. The zero-order valence-corrected chi connectivity index (χ0v) is 12.5. The highest BCUT2D eigenvalue weighted by Gasteiger charge is 2.31. The lowest BCUT2D eigenvalue weighted by Gasteiger charge is -2.29. The van der Waals surface area contributed by atoms with Gasteiger partial charge in [-0.3, -0.25) is 4.79 Å². The molecule has 0 aromatic heterocycles. The van der Waals surface area contributed by atoms with E-state index in [2.05, 4.69) is 10.2 Å². The fraction of sp³-hybridized carbons (Fsp3) is 0.909. The third-order valence-corrected chi connectivity index (χ3v) is 2.79. The summed E-state index contributed by atoms with van der Waals surface area (Å²) in [5.74, 6) is -0.125. The van der Waals surface area contributed by atoms with Crippen molar-refractivity contribution in [2.75, 3.05) is 39.8 Å². The van der Waals surface area contributed by atoms with Gasteiger partial charge in [-0.05, 0) is 33.4 Å². The molecule has 0 atom stereocenters. The van der Waals surface area contributed by atoms with E-state index in [4.69, 9.17) is 4.74 Å². The van der Waals surface area contributed by atoms with Crippen LogP contribution in [0.2, 0.25) is 0 Å². The monoisotopic (exact) mass is 286 g/mol. The predicted molar refractivity (Wildman–Crippen MR) is 74.2 cm³/mol. The summed E-state index contributed by atoms with van der Waals surface area (Å²) in [5.41, 5.74) is -0.404. The summed E-state index contributed by atoms with van der Waals surface area (Å²) in [4.78, 5) is 13.9. The van der Waals surface area contributed by atoms with Gasteiger partial charge in [0.25, 0.3) is 0 Å². The number of ether oxygens (including phenoxy) is 1. The van der Waals surface area contributed by atoms with E-state index in [-0.39, 0.29) is 30.8 Å². The number of nitrogens with one attached hydrogen (secondary N) is 1. The van der Waals surface area contributed by atoms with Gasteiger partial charge in [-0.25, -0.2) is 0 Å². The summed E-state index contributed by atoms with van der Waals surface area (Å²) >= 11 is 0. The summed E-state index contributed by atoms with van der Waals surface area (Å²) in [6.07, 6.45) is 1.15. The SMILES string of the molecule is COC(=O)C(C)(C)CN1CCCNCC1.Cl.Cl. The molecule has 6 heteroatoms. The number of rotatable bonds is 3. The van der Waals surface area contributed by atoms with Gasteiger partial charge in [-0.1, -0.05) is 0 Å². The van der Waals surface area contributed by atoms with E-state index in [1.54, 1.807) is 0 Å². The Balaban J connectivity index is 0. The first-order valence-corrected chi connectivity index (χ1v) is 5.58. The Morgan fingerprint density at radius 2 is 1.94 bits per heavy atom. The van der Waals surface area contributed by atoms with Crippen molar-refractivity contribution >= 4 is 30.8 Å². The minimum absolute atomic E-state index is 0. The minimum Gasteiger partial charge on any atom is -0.469 e. The molecule has 0 aromatic carbocycles. The number of carbonyl (C=O) groups excluding carboxylic acids is 1. The number of hydrogen-bond donors (Lipinski definition) is 1. The van der Waals surface area contributed by atoms with Crippen molar-refractivity contribution in [2.45, 2.75) is 20.3 Å². The number of halogens is 2. The standard InChI is InChI=1S/C11H22N2O2.2ClH/c1-11(2,10(14)15-3)9-13-7-4-5-12-6-8-13;;/h12H,4-9H2,1-3H3;2*1H. The van der Waals surface area contributed by atoms with Crippen LogP contribution in [-0.2, 0) is 9.53 Å². The van der Waals surface area contributed by atoms with E-state index in [0.29, 0.717) is 0 Å². The van der Waals surface area contributed by atoms with E-state index in [9.17, 15) is 4.79 Å². The van der Waals surface area contributed by atoms with Crippen LogP contribution in [-0.4, -0.2) is 50.7 Å². The third-order valence-electron chi connectivity index (χ3n) is 2.79. The highest BCUT2D eigenvalue weighted by atomic mass is 35.5. The van der Waals surface area contributed by atoms with Crippen molar-refractivity contribution in [1.29, 1.82) is 0 Å². The van der Waals surface area contributed by atoms with Crippen molar-refractivity contribution < 1.29 is 9.53 Å². The lowest BCUT2D eigenvalue weighted by Crippen LogP contribution is -2.41. The second-order valence-electron chi connectivity index (χ2n) is 4.76. The van der Waals surface area contributed by atoms with Crippen LogP contribution >= 0.6 is 24.8 Å². The molecule has 1 fully saturated rings. The van der Waals surface area contributed by atoms with Crippen LogP contribution in [0.4, 0.5) is 0 Å². The molecule has 4 nitrogen and oxygen atoms in total. The van der Waals surface area contributed by atoms with Crippen LogP contribution in [0.5, 0.6) is 0 Å². The zero-order chi connectivity index (χ0) is 11.3. The summed E-state index contributed by atoms with van der Waals surface area (Å²) < 4.78 is 4.81. The predicted octanol–water partition coefficient (Wildman–Crippen LogP) is 1.32. The van der Waals surface area contributed by atoms with Gasteiger partial charge in [-0.15, -0.1) is 24.8 Å². The quantitative estimate of drug-likeness (QED) is 0.795. The van der Waals surface area contributed by atoms with Gasteiger partial charge in [0.15, 0.2) is 0 Å². The van der Waals surface area contributed by atoms with Crippen LogP contribution in [0, 0.1) is 5.41 Å². The molecule has 0 unspecified atom stereocenters. The summed E-state index contributed by atoms with van der Waals surface area (Å²) in [6, 6.07) is 0. The normalized spacial score (nSPS) is 17.4. The molecule has 0 aliphatic carbocycles. The molecule has 1 rings (SSSR count). The molecule has 0 amide bonds. The van der Waals surface area contributed by atoms with Gasteiger partial charge < -0.3 is 15.0 Å². The van der Waals surface area contributed by atoms with E-state index in [0.717, 1.165) is 39.1 Å². The topological polar surface area (TPSA) is 41.6 Å². The minimum atomic E-state index is -0.404. The number of nitrogens with zero attached hydrogens (tertiary/aromatic N) is 1. The van der Waals surface area contributed by atoms with Gasteiger partial charge in [0.1, 0.15) is 0 Å². The van der Waals surface area contributed by atoms with Crippen LogP contribution in [0.15, 0.2) is 0 Å². The Labute approximate surface area is 116 Å². The molecule has 1 aliphatic rings. The Kier molecular flexibility index (Phi) is 10.2. The van der Waals surface area contributed by atoms with E-state index in [1.165, 1.54) is 7.11 Å². The average Bonchev–Trinajstić information content (AvgIpc) is 2.44. The molecular weight excluding hydrogens is 263 g/mol. The van der Waals surface area contributed by atoms with Crippen LogP contribution in [0.25, 0.3) is 0 Å². The van der Waals surface area contributed by atoms with Crippen LogP contribution in [0.3, 0.4) is 0 Å². The lowest BCUT2D eigenvalue weighted by atomic mass is 9.93. The van der Waals surface area contributed by atoms with Gasteiger partial charge in [0.2, 0.25) is 0 Å². The van der Waals surface area contributed by atoms with Gasteiger partial charge in [0.05, 0.1) is 12.5 Å². The average molecular weight is 287 g/mol. The molecule has 0 bridgehead atoms. The van der Waals surface area contributed by atoms with Gasteiger partial charge >= 0.3 is 5.97 Å². The molecule has 1 heterocycles. The first-order valence-electron chi connectivity index (χ1n) is 5.58. The fourth-order valence-electron chi connectivity index (χ4n) is 1.96. The summed E-state index contributed by atoms with van der Waals surface area (Å²) in [5, 5.41) is 3.35. The van der Waals surface area contributed by atoms with Crippen molar-refractivity contribution in [2.24, 2.45) is 5.41 Å². The lowest BCUT2D eigenvalue weighted by molar-refractivity contribution is -0.151. The number of hydrogen-bond acceptors (Lipinski definition) is 4. The van der Waals surface area contributed by atoms with Crippen LogP contribution in [0.1, 0.15) is 20.3 Å². The summed E-state index contributed by atoms with van der Waals surface area (Å²) in [6.45, 7) is 8.83. The number of methoxy groups -OCH3 is 1. The molecule has 1 saturated heterocycles. The van der Waals surface area contributed by atoms with Crippen molar-refractivity contribution in [3.05, 3.63) is 0 Å². The zero-order valence-electron chi connectivity index (χ0n) is 10.8. The highest BCUT2D eigenvalue weighted by Crippen LogP contribution is 2.19. The largest absolute Gasteiger partial charge is 0.469 e. The third kappa shape index (κ3) is 6.46. The molecule has 0 saturated carbocycles. The number of esters is 1. The molecule has 1 N–H and O–H groups in total. The molecule has 0 spiro atoms. The van der Waals surface area contributed by atoms with E-state index in [1.807, 2.05) is 13.8 Å². The van der Waals surface area contributed by atoms with Crippen molar-refractivity contribution in [1.82, 2.24) is 10.2 Å². The molecule has 0 radical (unpaired) electrons. The van der Waals surface area contributed by atoms with Gasteiger partial charge in [0, 0.05) is 19.6 Å². The van der Waals surface area contributed by atoms with E-state index >= 15 is 0 Å². The maximum atomic E-state index is 11.5. The Hall–Kier alpha value is -0.0300. The Bertz CT molecular complexity index is 218. The summed E-state index contributed by atoms with van der Waals surface area (Å²) in [7, 11) is 1.45. The Morgan fingerprint density at radius 3 is 2.53 bits per heavy atom. The second kappa shape index (κ2) is 8.97. The van der Waals surface area contributed by atoms with Crippen molar-refractivity contribution in [3.8, 4) is 0 Å². The van der Waals surface area contributed by atoms with Gasteiger partial charge in [-0.2, -0.15) is 0 Å². The number of carbonyl (C=O) groups is 1. The molecule has 1 aliphatic heterocycles. The highest BCUT2D eigenvalue weighted by molar-refractivity contribution is 5.85.